The first kappa shape index (κ1) is 18.5. The van der Waals surface area contributed by atoms with Gasteiger partial charge in [-0.2, -0.15) is 0 Å². The molecular formula is C22H28N2O2. The Morgan fingerprint density at radius 3 is 2.31 bits per heavy atom. The summed E-state index contributed by atoms with van der Waals surface area (Å²) in [5.41, 5.74) is 3.32. The van der Waals surface area contributed by atoms with Crippen molar-refractivity contribution in [2.75, 3.05) is 20.1 Å². The van der Waals surface area contributed by atoms with E-state index in [1.54, 1.807) is 0 Å². The highest BCUT2D eigenvalue weighted by Gasteiger charge is 2.17. The van der Waals surface area contributed by atoms with Gasteiger partial charge in [-0.15, -0.1) is 0 Å². The second-order valence-corrected chi connectivity index (χ2v) is 7.20. The molecule has 1 heterocycles. The number of nitrogens with one attached hydrogen (secondary N) is 1. The molecule has 2 aromatic rings. The van der Waals surface area contributed by atoms with Gasteiger partial charge in [0, 0.05) is 19.6 Å². The fraction of sp³-hybridized carbons (Fsp3) is 0.409. The van der Waals surface area contributed by atoms with Crippen LogP contribution in [0.3, 0.4) is 0 Å². The smallest absolute Gasteiger partial charge is 0.224 e. The lowest BCUT2D eigenvalue weighted by Gasteiger charge is -2.29. The van der Waals surface area contributed by atoms with E-state index in [1.165, 1.54) is 5.56 Å². The summed E-state index contributed by atoms with van der Waals surface area (Å²) in [7, 11) is 2.15. The van der Waals surface area contributed by atoms with Crippen LogP contribution in [0.1, 0.15) is 29.5 Å². The molecule has 4 heteroatoms. The Hall–Kier alpha value is -2.33. The molecule has 1 N–H and O–H groups in total. The molecule has 0 spiro atoms. The minimum atomic E-state index is 0.0421. The van der Waals surface area contributed by atoms with Crippen LogP contribution in [-0.4, -0.2) is 37.0 Å². The third kappa shape index (κ3) is 5.60. The third-order valence-electron chi connectivity index (χ3n) is 4.87. The lowest BCUT2D eigenvalue weighted by Crippen LogP contribution is -2.35. The van der Waals surface area contributed by atoms with Crippen molar-refractivity contribution in [1.29, 1.82) is 0 Å². The minimum Gasteiger partial charge on any atom is -0.490 e. The van der Waals surface area contributed by atoms with E-state index in [-0.39, 0.29) is 5.91 Å². The van der Waals surface area contributed by atoms with Crippen LogP contribution in [-0.2, 0) is 17.8 Å². The van der Waals surface area contributed by atoms with Crippen molar-refractivity contribution < 1.29 is 9.53 Å². The Labute approximate surface area is 156 Å². The highest BCUT2D eigenvalue weighted by molar-refractivity contribution is 5.78. The number of hydrogen-bond donors (Lipinski definition) is 1. The zero-order chi connectivity index (χ0) is 18.4. The topological polar surface area (TPSA) is 41.6 Å². The van der Waals surface area contributed by atoms with E-state index in [1.807, 2.05) is 55.5 Å². The van der Waals surface area contributed by atoms with Gasteiger partial charge in [0.2, 0.25) is 5.91 Å². The first-order chi connectivity index (χ1) is 12.6. The van der Waals surface area contributed by atoms with E-state index < -0.39 is 0 Å². The fourth-order valence-corrected chi connectivity index (χ4v) is 3.14. The summed E-state index contributed by atoms with van der Waals surface area (Å²) in [6.07, 6.45) is 2.88. The molecule has 26 heavy (non-hydrogen) atoms. The molecule has 4 nitrogen and oxygen atoms in total. The van der Waals surface area contributed by atoms with E-state index in [9.17, 15) is 4.79 Å². The van der Waals surface area contributed by atoms with Crippen molar-refractivity contribution >= 4 is 5.91 Å². The molecule has 138 valence electrons. The SMILES string of the molecule is Cc1ccc(CC(=O)NCc2ccc(OC3CCN(C)CC3)cc2)cc1. The monoisotopic (exact) mass is 352 g/mol. The standard InChI is InChI=1S/C22H28N2O2/c1-17-3-5-18(6-4-17)15-22(25)23-16-19-7-9-20(10-8-19)26-21-11-13-24(2)14-12-21/h3-10,21H,11-16H2,1-2H3,(H,23,25). The molecule has 0 aromatic heterocycles. The molecule has 1 aliphatic heterocycles. The average Bonchev–Trinajstić information content (AvgIpc) is 2.65. The number of piperidine rings is 1. The van der Waals surface area contributed by atoms with Gasteiger partial charge in [-0.3, -0.25) is 4.79 Å². The van der Waals surface area contributed by atoms with E-state index in [0.29, 0.717) is 19.1 Å². The van der Waals surface area contributed by atoms with Crippen LogP contribution >= 0.6 is 0 Å². The van der Waals surface area contributed by atoms with E-state index >= 15 is 0 Å². The molecule has 0 aliphatic carbocycles. The molecule has 1 aliphatic rings. The molecule has 3 rings (SSSR count). The number of likely N-dealkylation sites (tertiary alicyclic amines) is 1. The molecule has 0 bridgehead atoms. The molecule has 0 unspecified atom stereocenters. The van der Waals surface area contributed by atoms with Crippen molar-refractivity contribution in [1.82, 2.24) is 10.2 Å². The Morgan fingerprint density at radius 2 is 1.65 bits per heavy atom. The van der Waals surface area contributed by atoms with Crippen LogP contribution < -0.4 is 10.1 Å². The third-order valence-corrected chi connectivity index (χ3v) is 4.87. The van der Waals surface area contributed by atoms with Crippen LogP contribution in [0.4, 0.5) is 0 Å². The van der Waals surface area contributed by atoms with Gasteiger partial charge in [0.15, 0.2) is 0 Å². The summed E-state index contributed by atoms with van der Waals surface area (Å²) in [5.74, 6) is 0.954. The van der Waals surface area contributed by atoms with Crippen molar-refractivity contribution in [2.45, 2.75) is 38.8 Å². The van der Waals surface area contributed by atoms with Gasteiger partial charge >= 0.3 is 0 Å². The summed E-state index contributed by atoms with van der Waals surface area (Å²) in [6, 6.07) is 16.1. The summed E-state index contributed by atoms with van der Waals surface area (Å²) in [5, 5.41) is 2.98. The van der Waals surface area contributed by atoms with Gasteiger partial charge in [0.05, 0.1) is 6.42 Å². The van der Waals surface area contributed by atoms with E-state index in [4.69, 9.17) is 4.74 Å². The number of carbonyl (C=O) groups is 1. The summed E-state index contributed by atoms with van der Waals surface area (Å²) in [6.45, 7) is 4.77. The average molecular weight is 352 g/mol. The maximum atomic E-state index is 12.1. The van der Waals surface area contributed by atoms with Crippen molar-refractivity contribution in [2.24, 2.45) is 0 Å². The van der Waals surface area contributed by atoms with Crippen molar-refractivity contribution in [3.05, 3.63) is 65.2 Å². The summed E-state index contributed by atoms with van der Waals surface area (Å²) in [4.78, 5) is 14.4. The molecule has 1 fully saturated rings. The summed E-state index contributed by atoms with van der Waals surface area (Å²) < 4.78 is 6.06. The molecule has 1 saturated heterocycles. The molecular weight excluding hydrogens is 324 g/mol. The van der Waals surface area contributed by atoms with Crippen LogP contribution in [0.5, 0.6) is 5.75 Å². The lowest BCUT2D eigenvalue weighted by atomic mass is 10.1. The maximum Gasteiger partial charge on any atom is 0.224 e. The summed E-state index contributed by atoms with van der Waals surface area (Å²) >= 11 is 0. The number of rotatable bonds is 6. The van der Waals surface area contributed by atoms with Crippen LogP contribution in [0.2, 0.25) is 0 Å². The maximum absolute atomic E-state index is 12.1. The molecule has 1 amide bonds. The molecule has 0 radical (unpaired) electrons. The highest BCUT2D eigenvalue weighted by atomic mass is 16.5. The highest BCUT2D eigenvalue weighted by Crippen LogP contribution is 2.19. The van der Waals surface area contributed by atoms with Gasteiger partial charge in [-0.05, 0) is 50.1 Å². The Morgan fingerprint density at radius 1 is 1.04 bits per heavy atom. The van der Waals surface area contributed by atoms with Crippen molar-refractivity contribution in [3.63, 3.8) is 0 Å². The minimum absolute atomic E-state index is 0.0421. The van der Waals surface area contributed by atoms with E-state index in [2.05, 4.69) is 17.3 Å². The van der Waals surface area contributed by atoms with Crippen LogP contribution in [0.15, 0.2) is 48.5 Å². The Bertz CT molecular complexity index is 702. The Kier molecular flexibility index (Phi) is 6.29. The number of aryl methyl sites for hydroxylation is 1. The first-order valence-electron chi connectivity index (χ1n) is 9.35. The predicted molar refractivity (Wildman–Crippen MR) is 104 cm³/mol. The largest absolute Gasteiger partial charge is 0.490 e. The van der Waals surface area contributed by atoms with Gasteiger partial charge < -0.3 is 15.0 Å². The fourth-order valence-electron chi connectivity index (χ4n) is 3.14. The Balaban J connectivity index is 1.43. The predicted octanol–water partition coefficient (Wildman–Crippen LogP) is 3.33. The molecule has 0 saturated carbocycles. The van der Waals surface area contributed by atoms with Gasteiger partial charge in [-0.25, -0.2) is 0 Å². The first-order valence-corrected chi connectivity index (χ1v) is 9.35. The zero-order valence-electron chi connectivity index (χ0n) is 15.7. The van der Waals surface area contributed by atoms with Gasteiger partial charge in [0.1, 0.15) is 11.9 Å². The van der Waals surface area contributed by atoms with Crippen LogP contribution in [0.25, 0.3) is 0 Å². The van der Waals surface area contributed by atoms with Gasteiger partial charge in [0.25, 0.3) is 0 Å². The van der Waals surface area contributed by atoms with Crippen LogP contribution in [0, 0.1) is 6.92 Å². The number of hydrogen-bond acceptors (Lipinski definition) is 3. The zero-order valence-corrected chi connectivity index (χ0v) is 15.7. The van der Waals surface area contributed by atoms with Crippen molar-refractivity contribution in [3.8, 4) is 5.75 Å². The number of nitrogens with zero attached hydrogens (tertiary/aromatic N) is 1. The number of benzene rings is 2. The number of ether oxygens (including phenoxy) is 1. The lowest BCUT2D eigenvalue weighted by molar-refractivity contribution is -0.120. The normalized spacial score (nSPS) is 15.6. The quantitative estimate of drug-likeness (QED) is 0.867. The second kappa shape index (κ2) is 8.86. The molecule has 0 atom stereocenters. The molecule has 2 aromatic carbocycles. The van der Waals surface area contributed by atoms with E-state index in [0.717, 1.165) is 42.8 Å². The number of amides is 1. The second-order valence-electron chi connectivity index (χ2n) is 7.20. The number of carbonyl (C=O) groups excluding carboxylic acids is 1. The van der Waals surface area contributed by atoms with Gasteiger partial charge in [-0.1, -0.05) is 42.0 Å².